The Balaban J connectivity index is 2.74. The minimum atomic E-state index is -0.259. The molecule has 1 aromatic carbocycles. The molecule has 0 fully saturated rings. The maximum Gasteiger partial charge on any atom is 0.183 e. The Bertz CT molecular complexity index is 410. The van der Waals surface area contributed by atoms with Crippen LogP contribution in [0.3, 0.4) is 0 Å². The number of halogens is 1. The van der Waals surface area contributed by atoms with E-state index in [4.69, 9.17) is 0 Å². The number of anilines is 1. The van der Waals surface area contributed by atoms with Crippen LogP contribution in [0.1, 0.15) is 0 Å². The van der Waals surface area contributed by atoms with Crippen molar-refractivity contribution in [2.45, 2.75) is 0 Å². The molecule has 0 spiro atoms. The SMILES string of the molecule is CNc1nc2c(F)cccc2s1. The summed E-state index contributed by atoms with van der Waals surface area (Å²) < 4.78 is 13.9. The van der Waals surface area contributed by atoms with E-state index in [9.17, 15) is 4.39 Å². The number of rotatable bonds is 1. The van der Waals surface area contributed by atoms with Crippen LogP contribution in [-0.4, -0.2) is 12.0 Å². The topological polar surface area (TPSA) is 24.9 Å². The zero-order valence-corrected chi connectivity index (χ0v) is 7.28. The molecular formula is C8H7FN2S. The van der Waals surface area contributed by atoms with Gasteiger partial charge in [0.25, 0.3) is 0 Å². The molecule has 1 heterocycles. The number of hydrogen-bond donors (Lipinski definition) is 1. The van der Waals surface area contributed by atoms with Gasteiger partial charge in [0, 0.05) is 7.05 Å². The van der Waals surface area contributed by atoms with Gasteiger partial charge in [0.1, 0.15) is 11.3 Å². The summed E-state index contributed by atoms with van der Waals surface area (Å²) in [5.41, 5.74) is 0.451. The van der Waals surface area contributed by atoms with Gasteiger partial charge in [-0.2, -0.15) is 0 Å². The van der Waals surface area contributed by atoms with E-state index in [0.29, 0.717) is 5.52 Å². The monoisotopic (exact) mass is 182 g/mol. The third-order valence-electron chi connectivity index (χ3n) is 1.58. The predicted molar refractivity (Wildman–Crippen MR) is 49.1 cm³/mol. The molecule has 1 N–H and O–H groups in total. The third kappa shape index (κ3) is 1.04. The van der Waals surface area contributed by atoms with Gasteiger partial charge in [-0.3, -0.25) is 0 Å². The second-order valence-corrected chi connectivity index (χ2v) is 3.39. The summed E-state index contributed by atoms with van der Waals surface area (Å²) in [6.07, 6.45) is 0. The minimum Gasteiger partial charge on any atom is -0.365 e. The molecule has 12 heavy (non-hydrogen) atoms. The summed E-state index contributed by atoms with van der Waals surface area (Å²) in [7, 11) is 1.77. The summed E-state index contributed by atoms with van der Waals surface area (Å²) in [6, 6.07) is 4.97. The van der Waals surface area contributed by atoms with Crippen molar-refractivity contribution in [3.63, 3.8) is 0 Å². The molecule has 0 aliphatic rings. The number of nitrogens with one attached hydrogen (secondary N) is 1. The Labute approximate surface area is 73.1 Å². The number of nitrogens with zero attached hydrogens (tertiary/aromatic N) is 1. The lowest BCUT2D eigenvalue weighted by Gasteiger charge is -1.87. The van der Waals surface area contributed by atoms with Crippen molar-refractivity contribution in [1.82, 2.24) is 4.98 Å². The van der Waals surface area contributed by atoms with Crippen molar-refractivity contribution < 1.29 is 4.39 Å². The van der Waals surface area contributed by atoms with E-state index in [1.807, 2.05) is 6.07 Å². The van der Waals surface area contributed by atoms with Crippen molar-refractivity contribution in [2.24, 2.45) is 0 Å². The number of benzene rings is 1. The first kappa shape index (κ1) is 7.49. The highest BCUT2D eigenvalue weighted by molar-refractivity contribution is 7.22. The molecule has 0 unspecified atom stereocenters. The van der Waals surface area contributed by atoms with Crippen molar-refractivity contribution in [3.05, 3.63) is 24.0 Å². The van der Waals surface area contributed by atoms with E-state index in [1.54, 1.807) is 13.1 Å². The van der Waals surface area contributed by atoms with Crippen LogP contribution in [0.15, 0.2) is 18.2 Å². The highest BCUT2D eigenvalue weighted by Gasteiger charge is 2.05. The van der Waals surface area contributed by atoms with E-state index < -0.39 is 0 Å². The van der Waals surface area contributed by atoms with E-state index in [-0.39, 0.29) is 5.82 Å². The second-order valence-electron chi connectivity index (χ2n) is 2.36. The summed E-state index contributed by atoms with van der Waals surface area (Å²) >= 11 is 1.45. The molecule has 0 aliphatic carbocycles. The van der Waals surface area contributed by atoms with Gasteiger partial charge in [-0.05, 0) is 12.1 Å². The smallest absolute Gasteiger partial charge is 0.183 e. The van der Waals surface area contributed by atoms with E-state index >= 15 is 0 Å². The lowest BCUT2D eigenvalue weighted by Crippen LogP contribution is -1.84. The Morgan fingerprint density at radius 1 is 1.50 bits per heavy atom. The van der Waals surface area contributed by atoms with Crippen molar-refractivity contribution >= 4 is 26.7 Å². The molecule has 1 aromatic heterocycles. The lowest BCUT2D eigenvalue weighted by atomic mass is 10.3. The highest BCUT2D eigenvalue weighted by Crippen LogP contribution is 2.26. The first-order valence-corrected chi connectivity index (χ1v) is 4.35. The van der Waals surface area contributed by atoms with Crippen LogP contribution in [0.5, 0.6) is 0 Å². The molecule has 0 bridgehead atoms. The molecule has 2 rings (SSSR count). The van der Waals surface area contributed by atoms with Crippen molar-refractivity contribution in [2.75, 3.05) is 12.4 Å². The van der Waals surface area contributed by atoms with Gasteiger partial charge < -0.3 is 5.32 Å². The van der Waals surface area contributed by atoms with Crippen LogP contribution >= 0.6 is 11.3 Å². The van der Waals surface area contributed by atoms with Crippen molar-refractivity contribution in [3.8, 4) is 0 Å². The number of hydrogen-bond acceptors (Lipinski definition) is 3. The standard InChI is InChI=1S/C8H7FN2S/c1-10-8-11-7-5(9)3-2-4-6(7)12-8/h2-4H,1H3,(H,10,11). The van der Waals surface area contributed by atoms with Crippen LogP contribution in [0.2, 0.25) is 0 Å². The fourth-order valence-electron chi connectivity index (χ4n) is 1.02. The molecular weight excluding hydrogens is 175 g/mol. The molecule has 0 atom stereocenters. The van der Waals surface area contributed by atoms with Crippen LogP contribution in [0, 0.1) is 5.82 Å². The summed E-state index contributed by atoms with van der Waals surface area (Å²) in [5, 5.41) is 3.63. The quantitative estimate of drug-likeness (QED) is 0.732. The van der Waals surface area contributed by atoms with Gasteiger partial charge in [0.15, 0.2) is 5.13 Å². The Kier molecular flexibility index (Phi) is 1.69. The normalized spacial score (nSPS) is 10.5. The summed E-state index contributed by atoms with van der Waals surface area (Å²) in [6.45, 7) is 0. The maximum absolute atomic E-state index is 13.1. The average Bonchev–Trinajstić information content (AvgIpc) is 2.49. The van der Waals surface area contributed by atoms with Crippen LogP contribution < -0.4 is 5.32 Å². The lowest BCUT2D eigenvalue weighted by molar-refractivity contribution is 0.637. The largest absolute Gasteiger partial charge is 0.365 e. The molecule has 0 saturated carbocycles. The van der Waals surface area contributed by atoms with Gasteiger partial charge in [0.05, 0.1) is 4.70 Å². The predicted octanol–water partition coefficient (Wildman–Crippen LogP) is 2.48. The number of aromatic nitrogens is 1. The zero-order chi connectivity index (χ0) is 8.55. The fourth-order valence-corrected chi connectivity index (χ4v) is 1.86. The highest BCUT2D eigenvalue weighted by atomic mass is 32.1. The van der Waals surface area contributed by atoms with Crippen molar-refractivity contribution in [1.29, 1.82) is 0 Å². The van der Waals surface area contributed by atoms with Gasteiger partial charge in [-0.25, -0.2) is 9.37 Å². The molecule has 0 amide bonds. The van der Waals surface area contributed by atoms with E-state index in [1.165, 1.54) is 17.4 Å². The van der Waals surface area contributed by atoms with Gasteiger partial charge in [-0.1, -0.05) is 17.4 Å². The zero-order valence-electron chi connectivity index (χ0n) is 6.47. The second kappa shape index (κ2) is 2.71. The molecule has 0 radical (unpaired) electrons. The number of fused-ring (bicyclic) bond motifs is 1. The van der Waals surface area contributed by atoms with Gasteiger partial charge >= 0.3 is 0 Å². The average molecular weight is 182 g/mol. The molecule has 0 aliphatic heterocycles. The third-order valence-corrected chi connectivity index (χ3v) is 2.62. The maximum atomic E-state index is 13.1. The van der Waals surface area contributed by atoms with Crippen LogP contribution in [0.25, 0.3) is 10.2 Å². The van der Waals surface area contributed by atoms with E-state index in [0.717, 1.165) is 9.83 Å². The molecule has 62 valence electrons. The minimum absolute atomic E-state index is 0.259. The molecule has 0 saturated heterocycles. The molecule has 4 heteroatoms. The Morgan fingerprint density at radius 3 is 3.00 bits per heavy atom. The van der Waals surface area contributed by atoms with Gasteiger partial charge in [-0.15, -0.1) is 0 Å². The van der Waals surface area contributed by atoms with Gasteiger partial charge in [0.2, 0.25) is 0 Å². The number of para-hydroxylation sites is 1. The first-order chi connectivity index (χ1) is 5.81. The Morgan fingerprint density at radius 2 is 2.33 bits per heavy atom. The van der Waals surface area contributed by atoms with Crippen LogP contribution in [0.4, 0.5) is 9.52 Å². The summed E-state index contributed by atoms with van der Waals surface area (Å²) in [5.74, 6) is -0.259. The Hall–Kier alpha value is -1.16. The summed E-state index contributed by atoms with van der Waals surface area (Å²) in [4.78, 5) is 4.06. The number of thiazole rings is 1. The molecule has 2 nitrogen and oxygen atoms in total. The molecule has 2 aromatic rings. The van der Waals surface area contributed by atoms with Crippen LogP contribution in [-0.2, 0) is 0 Å². The fraction of sp³-hybridized carbons (Fsp3) is 0.125. The van der Waals surface area contributed by atoms with E-state index in [2.05, 4.69) is 10.3 Å². The first-order valence-electron chi connectivity index (χ1n) is 3.54.